The van der Waals surface area contributed by atoms with Gasteiger partial charge in [0.05, 0.1) is 5.88 Å². The average Bonchev–Trinajstić information content (AvgIpc) is 2.40. The van der Waals surface area contributed by atoms with E-state index in [1.807, 2.05) is 11.8 Å². The first kappa shape index (κ1) is 21.8. The van der Waals surface area contributed by atoms with Gasteiger partial charge < -0.3 is 10.6 Å². The van der Waals surface area contributed by atoms with Crippen molar-refractivity contribution in [2.24, 2.45) is 22.4 Å². The molecule has 0 fully saturated rings. The smallest absolute Gasteiger partial charge is 0.0637 e. The number of hydrogen-bond acceptors (Lipinski definition) is 5. The Labute approximate surface area is 142 Å². The summed E-state index contributed by atoms with van der Waals surface area (Å²) in [7, 11) is 0. The fourth-order valence-corrected chi connectivity index (χ4v) is 2.70. The molecule has 0 saturated carbocycles. The van der Waals surface area contributed by atoms with E-state index in [-0.39, 0.29) is 16.4 Å². The third kappa shape index (κ3) is 6.49. The summed E-state index contributed by atoms with van der Waals surface area (Å²) < 4.78 is 0. The molecule has 0 aliphatic heterocycles. The van der Waals surface area contributed by atoms with Crippen LogP contribution in [0.5, 0.6) is 0 Å². The Morgan fingerprint density at radius 3 is 2.14 bits per heavy atom. The summed E-state index contributed by atoms with van der Waals surface area (Å²) in [5.74, 6) is 7.25. The Kier molecular flexibility index (Phi) is 8.48. The molecule has 5 heteroatoms. The molecular weight excluding hydrogens is 292 g/mol. The van der Waals surface area contributed by atoms with Crippen molar-refractivity contribution >= 4 is 11.8 Å². The molecule has 0 spiro atoms. The first-order chi connectivity index (χ1) is 9.89. The van der Waals surface area contributed by atoms with Crippen molar-refractivity contribution in [3.05, 3.63) is 12.3 Å². The fourth-order valence-electron chi connectivity index (χ4n) is 1.84. The lowest BCUT2D eigenvalue weighted by molar-refractivity contribution is 0.129. The van der Waals surface area contributed by atoms with Gasteiger partial charge in [-0.15, -0.1) is 11.8 Å². The van der Waals surface area contributed by atoms with Crippen LogP contribution in [0.15, 0.2) is 12.3 Å². The minimum atomic E-state index is -0.245. The van der Waals surface area contributed by atoms with Gasteiger partial charge in [-0.3, -0.25) is 11.3 Å². The summed E-state index contributed by atoms with van der Waals surface area (Å²) in [4.78, 5) is 2.40. The van der Waals surface area contributed by atoms with Crippen molar-refractivity contribution in [3.8, 4) is 0 Å². The molecule has 0 saturated heterocycles. The van der Waals surface area contributed by atoms with E-state index in [9.17, 15) is 0 Å². The molecule has 0 heterocycles. The third-order valence-electron chi connectivity index (χ3n) is 5.02. The van der Waals surface area contributed by atoms with Crippen LogP contribution in [0.1, 0.15) is 54.9 Å². The molecule has 0 rings (SSSR count). The van der Waals surface area contributed by atoms with Gasteiger partial charge in [-0.2, -0.15) is 0 Å². The highest BCUT2D eigenvalue weighted by Crippen LogP contribution is 2.36. The maximum atomic E-state index is 6.39. The zero-order chi connectivity index (χ0) is 17.6. The van der Waals surface area contributed by atoms with Crippen molar-refractivity contribution in [2.75, 3.05) is 24.7 Å². The second kappa shape index (κ2) is 8.57. The molecule has 0 bridgehead atoms. The maximum Gasteiger partial charge on any atom is 0.0637 e. The maximum absolute atomic E-state index is 6.39. The predicted octanol–water partition coefficient (Wildman–Crippen LogP) is 3.16. The van der Waals surface area contributed by atoms with Gasteiger partial charge in [0.15, 0.2) is 0 Å². The summed E-state index contributed by atoms with van der Waals surface area (Å²) in [5.41, 5.74) is 10.1. The second-order valence-corrected chi connectivity index (χ2v) is 9.05. The predicted molar refractivity (Wildman–Crippen MR) is 101 cm³/mol. The van der Waals surface area contributed by atoms with Crippen molar-refractivity contribution in [1.82, 2.24) is 10.3 Å². The van der Waals surface area contributed by atoms with Crippen LogP contribution in [0.3, 0.4) is 0 Å². The highest BCUT2D eigenvalue weighted by molar-refractivity contribution is 7.99. The van der Waals surface area contributed by atoms with Crippen LogP contribution in [0.2, 0.25) is 0 Å². The normalized spacial score (nSPS) is 13.3. The number of nitrogens with one attached hydrogen (secondary N) is 1. The summed E-state index contributed by atoms with van der Waals surface area (Å²) in [6.45, 7) is 21.5. The molecule has 0 atom stereocenters. The molecule has 5 N–H and O–H groups in total. The van der Waals surface area contributed by atoms with Gasteiger partial charge in [0.2, 0.25) is 0 Å². The molecule has 4 nitrogen and oxygen atoms in total. The lowest BCUT2D eigenvalue weighted by Gasteiger charge is -2.45. The number of hydrogen-bond donors (Lipinski definition) is 3. The molecule has 22 heavy (non-hydrogen) atoms. The van der Waals surface area contributed by atoms with Crippen molar-refractivity contribution in [2.45, 2.75) is 60.4 Å². The highest BCUT2D eigenvalue weighted by atomic mass is 32.2. The van der Waals surface area contributed by atoms with Crippen LogP contribution in [0.4, 0.5) is 0 Å². The minimum absolute atomic E-state index is 0.00750. The fraction of sp³-hybridized carbons (Fsp3) is 0.882. The van der Waals surface area contributed by atoms with E-state index >= 15 is 0 Å². The number of thioether (sulfide) groups is 1. The number of allylic oxidation sites excluding steroid dienone is 1. The van der Waals surface area contributed by atoms with Crippen LogP contribution >= 0.6 is 11.8 Å². The van der Waals surface area contributed by atoms with Gasteiger partial charge in [-0.25, -0.2) is 0 Å². The summed E-state index contributed by atoms with van der Waals surface area (Å²) in [6.07, 6.45) is 1.07. The van der Waals surface area contributed by atoms with Gasteiger partial charge in [0.25, 0.3) is 0 Å². The lowest BCUT2D eigenvalue weighted by atomic mass is 9.74. The Balaban J connectivity index is 5.06. The van der Waals surface area contributed by atoms with Gasteiger partial charge in [0, 0.05) is 35.5 Å². The van der Waals surface area contributed by atoms with Crippen LogP contribution in [0.25, 0.3) is 0 Å². The van der Waals surface area contributed by atoms with E-state index in [1.165, 1.54) is 5.70 Å². The van der Waals surface area contributed by atoms with Gasteiger partial charge in [-0.05, 0) is 25.7 Å². The van der Waals surface area contributed by atoms with Crippen LogP contribution in [-0.2, 0) is 0 Å². The van der Waals surface area contributed by atoms with Gasteiger partial charge in [-0.1, -0.05) is 41.2 Å². The zero-order valence-electron chi connectivity index (χ0n) is 15.8. The SMILES string of the molecule is C=C(N(CSCCNN)CC(C)(C)C(C)(C)N)C(C)(C)CC. The van der Waals surface area contributed by atoms with Crippen molar-refractivity contribution in [1.29, 1.82) is 0 Å². The summed E-state index contributed by atoms with van der Waals surface area (Å²) in [6, 6.07) is 0. The zero-order valence-corrected chi connectivity index (χ0v) is 16.6. The number of rotatable bonds is 11. The lowest BCUT2D eigenvalue weighted by Crippen LogP contribution is -2.53. The number of hydrazine groups is 1. The van der Waals surface area contributed by atoms with E-state index in [2.05, 4.69) is 65.4 Å². The molecule has 0 aromatic heterocycles. The molecule has 0 radical (unpaired) electrons. The summed E-state index contributed by atoms with van der Waals surface area (Å²) in [5, 5.41) is 0. The highest BCUT2D eigenvalue weighted by Gasteiger charge is 2.37. The van der Waals surface area contributed by atoms with E-state index in [4.69, 9.17) is 11.6 Å². The van der Waals surface area contributed by atoms with Gasteiger partial charge >= 0.3 is 0 Å². The first-order valence-electron chi connectivity index (χ1n) is 8.13. The topological polar surface area (TPSA) is 67.3 Å². The van der Waals surface area contributed by atoms with Crippen LogP contribution in [0, 0.1) is 10.8 Å². The summed E-state index contributed by atoms with van der Waals surface area (Å²) >= 11 is 1.87. The van der Waals surface area contributed by atoms with E-state index in [0.29, 0.717) is 0 Å². The number of nitrogens with two attached hydrogens (primary N) is 2. The molecule has 0 unspecified atom stereocenters. The standard InChI is InChI=1S/C17H38N4S/c1-9-15(3,4)14(2)21(13-22-11-10-20-19)12-16(5,6)17(7,8)18/h20H,2,9-13,18-19H2,1,3-8H3. The van der Waals surface area contributed by atoms with Crippen molar-refractivity contribution < 1.29 is 0 Å². The molecule has 0 amide bonds. The molecule has 0 aliphatic rings. The largest absolute Gasteiger partial charge is 0.365 e. The second-order valence-electron chi connectivity index (χ2n) is 7.98. The van der Waals surface area contributed by atoms with E-state index < -0.39 is 0 Å². The molecular formula is C17H38N4S. The Morgan fingerprint density at radius 1 is 1.18 bits per heavy atom. The molecule has 0 aliphatic carbocycles. The van der Waals surface area contributed by atoms with Crippen molar-refractivity contribution in [3.63, 3.8) is 0 Å². The Bertz CT molecular complexity index is 345. The Morgan fingerprint density at radius 2 is 1.73 bits per heavy atom. The monoisotopic (exact) mass is 330 g/mol. The van der Waals surface area contributed by atoms with E-state index in [0.717, 1.165) is 31.1 Å². The van der Waals surface area contributed by atoms with Crippen LogP contribution < -0.4 is 17.0 Å². The molecule has 0 aromatic carbocycles. The van der Waals surface area contributed by atoms with Gasteiger partial charge in [0.1, 0.15) is 0 Å². The van der Waals surface area contributed by atoms with E-state index in [1.54, 1.807) is 0 Å². The minimum Gasteiger partial charge on any atom is -0.365 e. The third-order valence-corrected chi connectivity index (χ3v) is 6.00. The first-order valence-corrected chi connectivity index (χ1v) is 9.29. The number of nitrogens with zero attached hydrogens (tertiary/aromatic N) is 1. The quantitative estimate of drug-likeness (QED) is 0.235. The van der Waals surface area contributed by atoms with Crippen LogP contribution in [-0.4, -0.2) is 35.2 Å². The molecule has 132 valence electrons. The average molecular weight is 331 g/mol. The Hall–Kier alpha value is -0.230. The molecule has 0 aromatic rings.